The Morgan fingerprint density at radius 1 is 1.38 bits per heavy atom. The lowest BCUT2D eigenvalue weighted by Crippen LogP contribution is -2.11. The predicted molar refractivity (Wildman–Crippen MR) is 53.2 cm³/mol. The van der Waals surface area contributed by atoms with Crippen LogP contribution in [-0.4, -0.2) is 4.98 Å². The van der Waals surface area contributed by atoms with E-state index in [1.165, 1.54) is 5.56 Å². The Labute approximate surface area is 79.4 Å². The van der Waals surface area contributed by atoms with Crippen molar-refractivity contribution in [2.45, 2.75) is 32.7 Å². The van der Waals surface area contributed by atoms with Crippen LogP contribution in [0.4, 0.5) is 0 Å². The summed E-state index contributed by atoms with van der Waals surface area (Å²) in [5, 5.41) is 0. The number of pyridine rings is 1. The largest absolute Gasteiger partial charge is 0.310 e. The fraction of sp³-hybridized carbons (Fsp3) is 0.455. The highest BCUT2D eigenvalue weighted by molar-refractivity contribution is 5.21. The van der Waals surface area contributed by atoms with Gasteiger partial charge in [-0.25, -0.2) is 6.57 Å². The van der Waals surface area contributed by atoms with E-state index < -0.39 is 0 Å². The molecule has 0 fully saturated rings. The van der Waals surface area contributed by atoms with Gasteiger partial charge in [-0.1, -0.05) is 26.8 Å². The molecule has 68 valence electrons. The van der Waals surface area contributed by atoms with Gasteiger partial charge in [-0.05, 0) is 17.0 Å². The maximum absolute atomic E-state index is 6.70. The zero-order valence-electron chi connectivity index (χ0n) is 8.33. The van der Waals surface area contributed by atoms with Crippen LogP contribution in [0.2, 0.25) is 0 Å². The second kappa shape index (κ2) is 3.57. The first-order valence-corrected chi connectivity index (χ1v) is 4.32. The molecule has 0 aliphatic heterocycles. The van der Waals surface area contributed by atoms with Crippen LogP contribution in [0.3, 0.4) is 0 Å². The molecule has 1 rings (SSSR count). The third-order valence-electron chi connectivity index (χ3n) is 1.93. The molecular formula is C11H14N2. The average Bonchev–Trinajstić information content (AvgIpc) is 2.04. The van der Waals surface area contributed by atoms with E-state index in [0.717, 1.165) is 5.69 Å². The van der Waals surface area contributed by atoms with E-state index in [1.54, 1.807) is 0 Å². The normalized spacial score (nSPS) is 10.9. The fourth-order valence-corrected chi connectivity index (χ4v) is 1.04. The van der Waals surface area contributed by atoms with Gasteiger partial charge in [0.2, 0.25) is 0 Å². The minimum atomic E-state index is 0.142. The average molecular weight is 174 g/mol. The number of hydrogen-bond donors (Lipinski definition) is 0. The van der Waals surface area contributed by atoms with Gasteiger partial charge >= 0.3 is 0 Å². The second-order valence-corrected chi connectivity index (χ2v) is 4.10. The highest BCUT2D eigenvalue weighted by atomic mass is 14.7. The SMILES string of the molecule is [C-]#[N+]Cc1ccc(C(C)(C)C)cn1. The third-order valence-corrected chi connectivity index (χ3v) is 1.93. The van der Waals surface area contributed by atoms with Crippen molar-refractivity contribution < 1.29 is 0 Å². The van der Waals surface area contributed by atoms with Crippen molar-refractivity contribution in [1.29, 1.82) is 0 Å². The monoisotopic (exact) mass is 174 g/mol. The molecule has 1 aromatic heterocycles. The van der Waals surface area contributed by atoms with Gasteiger partial charge in [-0.3, -0.25) is 4.98 Å². The number of aromatic nitrogens is 1. The van der Waals surface area contributed by atoms with Gasteiger partial charge in [-0.15, -0.1) is 0 Å². The van der Waals surface area contributed by atoms with Crippen LogP contribution in [0.1, 0.15) is 32.0 Å². The molecule has 0 amide bonds. The molecule has 2 heteroatoms. The van der Waals surface area contributed by atoms with Crippen molar-refractivity contribution in [3.8, 4) is 0 Å². The minimum Gasteiger partial charge on any atom is -0.310 e. The van der Waals surface area contributed by atoms with E-state index in [9.17, 15) is 0 Å². The molecule has 0 atom stereocenters. The van der Waals surface area contributed by atoms with Crippen molar-refractivity contribution in [3.63, 3.8) is 0 Å². The van der Waals surface area contributed by atoms with E-state index in [0.29, 0.717) is 6.54 Å². The molecule has 2 nitrogen and oxygen atoms in total. The summed E-state index contributed by atoms with van der Waals surface area (Å²) in [6.45, 7) is 13.5. The van der Waals surface area contributed by atoms with Crippen molar-refractivity contribution in [2.24, 2.45) is 0 Å². The molecule has 0 radical (unpaired) electrons. The quantitative estimate of drug-likeness (QED) is 0.598. The zero-order chi connectivity index (χ0) is 9.90. The van der Waals surface area contributed by atoms with Gasteiger partial charge in [0.15, 0.2) is 0 Å². The van der Waals surface area contributed by atoms with Crippen LogP contribution in [-0.2, 0) is 12.0 Å². The molecule has 0 unspecified atom stereocenters. The van der Waals surface area contributed by atoms with Crippen LogP contribution < -0.4 is 0 Å². The molecule has 1 heterocycles. The Hall–Kier alpha value is -1.36. The highest BCUT2D eigenvalue weighted by Gasteiger charge is 2.13. The lowest BCUT2D eigenvalue weighted by atomic mass is 9.88. The number of nitrogens with zero attached hydrogens (tertiary/aromatic N) is 2. The Morgan fingerprint density at radius 3 is 2.46 bits per heavy atom. The van der Waals surface area contributed by atoms with Crippen molar-refractivity contribution in [2.75, 3.05) is 0 Å². The van der Waals surface area contributed by atoms with Gasteiger partial charge in [0, 0.05) is 6.20 Å². The maximum atomic E-state index is 6.70. The Kier molecular flexibility index (Phi) is 2.67. The third kappa shape index (κ3) is 2.55. The topological polar surface area (TPSA) is 17.2 Å². The first-order valence-electron chi connectivity index (χ1n) is 4.32. The number of rotatable bonds is 1. The summed E-state index contributed by atoms with van der Waals surface area (Å²) >= 11 is 0. The lowest BCUT2D eigenvalue weighted by molar-refractivity contribution is 0.587. The van der Waals surface area contributed by atoms with Gasteiger partial charge < -0.3 is 4.85 Å². The molecule has 13 heavy (non-hydrogen) atoms. The number of hydrogen-bond acceptors (Lipinski definition) is 1. The van der Waals surface area contributed by atoms with Crippen molar-refractivity contribution in [3.05, 3.63) is 41.0 Å². The standard InChI is InChI=1S/C11H14N2/c1-11(2,3)9-5-6-10(8-12-4)13-7-9/h5-7H,8H2,1-3H3. The van der Waals surface area contributed by atoms with Crippen LogP contribution in [0, 0.1) is 6.57 Å². The molecule has 1 aromatic rings. The molecule has 0 bridgehead atoms. The first kappa shape index (κ1) is 9.73. The maximum Gasteiger partial charge on any atom is 0.256 e. The summed E-state index contributed by atoms with van der Waals surface area (Å²) in [4.78, 5) is 7.51. The minimum absolute atomic E-state index is 0.142. The fourth-order valence-electron chi connectivity index (χ4n) is 1.04. The Morgan fingerprint density at radius 2 is 2.08 bits per heavy atom. The summed E-state index contributed by atoms with van der Waals surface area (Å²) in [5.41, 5.74) is 2.20. The molecule has 0 aromatic carbocycles. The van der Waals surface area contributed by atoms with Crippen molar-refractivity contribution >= 4 is 0 Å². The highest BCUT2D eigenvalue weighted by Crippen LogP contribution is 2.20. The summed E-state index contributed by atoms with van der Waals surface area (Å²) < 4.78 is 0. The molecular weight excluding hydrogens is 160 g/mol. The molecule has 0 N–H and O–H groups in total. The molecule has 0 aliphatic carbocycles. The zero-order valence-corrected chi connectivity index (χ0v) is 8.33. The van der Waals surface area contributed by atoms with Crippen LogP contribution in [0.25, 0.3) is 4.85 Å². The van der Waals surface area contributed by atoms with Crippen LogP contribution in [0.5, 0.6) is 0 Å². The first-order chi connectivity index (χ1) is 6.04. The van der Waals surface area contributed by atoms with Crippen LogP contribution in [0.15, 0.2) is 18.3 Å². The van der Waals surface area contributed by atoms with E-state index in [-0.39, 0.29) is 5.41 Å². The summed E-state index contributed by atoms with van der Waals surface area (Å²) in [7, 11) is 0. The summed E-state index contributed by atoms with van der Waals surface area (Å²) in [5.74, 6) is 0. The van der Waals surface area contributed by atoms with Crippen molar-refractivity contribution in [1.82, 2.24) is 4.98 Å². The van der Waals surface area contributed by atoms with E-state index >= 15 is 0 Å². The summed E-state index contributed by atoms with van der Waals surface area (Å²) in [6.07, 6.45) is 1.86. The van der Waals surface area contributed by atoms with Gasteiger partial charge in [0.1, 0.15) is 5.69 Å². The van der Waals surface area contributed by atoms with E-state index in [2.05, 4.69) is 30.6 Å². The van der Waals surface area contributed by atoms with E-state index in [1.807, 2.05) is 18.3 Å². The second-order valence-electron chi connectivity index (χ2n) is 4.10. The van der Waals surface area contributed by atoms with Gasteiger partial charge in [0.05, 0.1) is 0 Å². The Balaban J connectivity index is 2.89. The molecule has 0 spiro atoms. The van der Waals surface area contributed by atoms with E-state index in [4.69, 9.17) is 6.57 Å². The lowest BCUT2D eigenvalue weighted by Gasteiger charge is -2.17. The smallest absolute Gasteiger partial charge is 0.256 e. The molecule has 0 saturated carbocycles. The molecule has 0 saturated heterocycles. The van der Waals surface area contributed by atoms with Crippen LogP contribution >= 0.6 is 0 Å². The van der Waals surface area contributed by atoms with Gasteiger partial charge in [-0.2, -0.15) is 0 Å². The Bertz CT molecular complexity index is 311. The molecule has 0 aliphatic rings. The van der Waals surface area contributed by atoms with Gasteiger partial charge in [0.25, 0.3) is 6.54 Å². The predicted octanol–water partition coefficient (Wildman–Crippen LogP) is 2.80. The summed E-state index contributed by atoms with van der Waals surface area (Å²) in [6, 6.07) is 3.98.